The smallest absolute Gasteiger partial charge is 0.330 e. The summed E-state index contributed by atoms with van der Waals surface area (Å²) in [6.45, 7) is 6.14. The molecule has 7 amide bonds. The molecule has 2 saturated heterocycles. The summed E-state index contributed by atoms with van der Waals surface area (Å²) in [6, 6.07) is 2.68. The molecule has 0 radical (unpaired) electrons. The van der Waals surface area contributed by atoms with Crippen LogP contribution in [0.2, 0.25) is 10.0 Å². The van der Waals surface area contributed by atoms with E-state index >= 15 is 14.4 Å². The fraction of sp³-hybridized carbons (Fsp3) is 0.400. The monoisotopic (exact) mass is 1530 g/mol. The van der Waals surface area contributed by atoms with Crippen LogP contribution in [-0.4, -0.2) is 184 Å². The number of aliphatic carboxylic acids is 1. The van der Waals surface area contributed by atoms with Gasteiger partial charge in [-0.25, -0.2) is 4.79 Å². The maximum atomic E-state index is 16.1. The van der Waals surface area contributed by atoms with E-state index < -0.39 is 237 Å². The number of thiophene rings is 1. The Hall–Kier alpha value is -9.50. The maximum Gasteiger partial charge on any atom is 0.330 e. The molecule has 106 heavy (non-hydrogen) atoms. The van der Waals surface area contributed by atoms with E-state index in [4.69, 9.17) is 63.1 Å². The van der Waals surface area contributed by atoms with Crippen LogP contribution in [0.5, 0.6) is 46.0 Å². The Kier molecular flexibility index (Phi) is 23.4. The number of aliphatic hydroxyl groups excluding tert-OH is 6. The molecule has 8 heterocycles. The first-order chi connectivity index (χ1) is 50.2. The average molecular weight is 1530 g/mol. The summed E-state index contributed by atoms with van der Waals surface area (Å²) in [5.74, 6) is -16.3. The van der Waals surface area contributed by atoms with Crippen LogP contribution >= 0.6 is 34.5 Å². The van der Waals surface area contributed by atoms with Gasteiger partial charge in [-0.15, -0.1) is 11.3 Å². The van der Waals surface area contributed by atoms with Gasteiger partial charge >= 0.3 is 5.97 Å². The highest BCUT2D eigenvalue weighted by atomic mass is 35.5. The number of nitrogens with one attached hydrogen (secondary N) is 7. The molecule has 18 atom stereocenters. The minimum Gasteiger partial charge on any atom is -0.508 e. The molecule has 566 valence electrons. The molecule has 0 spiro atoms. The van der Waals surface area contributed by atoms with Crippen molar-refractivity contribution in [1.82, 2.24) is 37.2 Å². The average Bonchev–Trinajstić information content (AvgIpc) is 0.787. The topological polar surface area (TPSA) is 530 Å². The molecule has 5 aromatic carbocycles. The lowest BCUT2D eigenvalue weighted by Gasteiger charge is -2.48. The first-order valence-corrected chi connectivity index (χ1v) is 34.9. The van der Waals surface area contributed by atoms with E-state index in [1.165, 1.54) is 23.5 Å². The van der Waals surface area contributed by atoms with E-state index in [0.29, 0.717) is 6.54 Å². The number of phenols is 3. The van der Waals surface area contributed by atoms with Crippen molar-refractivity contribution >= 4 is 81.9 Å². The Morgan fingerprint density at radius 1 is 0.726 bits per heavy atom. The van der Waals surface area contributed by atoms with Crippen LogP contribution in [0.3, 0.4) is 0 Å². The summed E-state index contributed by atoms with van der Waals surface area (Å²) in [6.07, 6.45) is -18.5. The zero-order chi connectivity index (χ0) is 76.7. The summed E-state index contributed by atoms with van der Waals surface area (Å²) in [5.41, 5.74) is 7.96. The second-order valence-electron chi connectivity index (χ2n) is 26.8. The van der Waals surface area contributed by atoms with Crippen LogP contribution in [0.1, 0.15) is 110 Å². The van der Waals surface area contributed by atoms with Gasteiger partial charge in [0.15, 0.2) is 29.9 Å². The minimum atomic E-state index is -2.36. The number of carboxylic acids is 1. The van der Waals surface area contributed by atoms with E-state index in [9.17, 15) is 75.0 Å². The highest BCUT2D eigenvalue weighted by Gasteiger charge is 2.52. The fourth-order valence-electron chi connectivity index (χ4n) is 13.1. The molecule has 6 aromatic rings. The summed E-state index contributed by atoms with van der Waals surface area (Å²) < 4.78 is 39.1. The number of carboxylic acid groups (broad SMARTS) is 1. The molecule has 36 heteroatoms. The number of ether oxygens (including phenoxy) is 6. The number of carbonyl (C=O) groups excluding carboxylic acids is 7. The van der Waals surface area contributed by atoms with E-state index in [1.54, 1.807) is 27.7 Å². The zero-order valence-electron chi connectivity index (χ0n) is 56.7. The largest absolute Gasteiger partial charge is 0.508 e. The molecule has 0 saturated carbocycles. The molecule has 21 N–H and O–H groups in total. The number of benzene rings is 5. The Labute approximate surface area is 617 Å². The lowest BCUT2D eigenvalue weighted by atomic mass is 9.85. The number of fused-ring (bicyclic) bond motifs is 15. The quantitative estimate of drug-likeness (QED) is 0.0696. The van der Waals surface area contributed by atoms with Crippen molar-refractivity contribution in [2.24, 2.45) is 17.4 Å². The Morgan fingerprint density at radius 3 is 1.97 bits per heavy atom. The van der Waals surface area contributed by atoms with Crippen molar-refractivity contribution < 1.29 is 118 Å². The van der Waals surface area contributed by atoms with Crippen molar-refractivity contribution in [2.75, 3.05) is 6.61 Å². The first-order valence-electron chi connectivity index (χ1n) is 33.2. The van der Waals surface area contributed by atoms with Gasteiger partial charge < -0.3 is 128 Å². The van der Waals surface area contributed by atoms with Gasteiger partial charge in [-0.2, -0.15) is 0 Å². The number of nitrogens with two attached hydrogens (primary N) is 2. The molecule has 13 rings (SSSR count). The lowest BCUT2D eigenvalue weighted by Crippen LogP contribution is -2.65. The summed E-state index contributed by atoms with van der Waals surface area (Å²) >= 11 is 15.6. The summed E-state index contributed by atoms with van der Waals surface area (Å²) in [7, 11) is 0. The van der Waals surface area contributed by atoms with Gasteiger partial charge in [0.2, 0.25) is 53.4 Å². The number of carbonyl (C=O) groups is 8. The standard InChI is InChI=1S/C70H77Cl2N9O24S/c1-26(2)14-38(73)62(92)80-53-55(87)29-8-11-42(36(71)16-29)101-44-18-31-19-45(59(44)105-69-60(58(90)57(89)46(25-82)103-69)104-48-23-70(4,61(91)27(3)100-48)75-24-33-6-5-13-106-33)102-43-12-9-30(17-37(43)72)56(88)54-67(97)79-52(68(98)99)35-20-32(83)21-41(85)49(35)34-15-28(7-10-40(34)84)50(64(94)81-54)78-65(95)51(31)77-63(93)39(22-47(74)86)76-66(53)96/h5-13,15-21,26-27,38-39,46,48,50-58,60-61,69,75,82-85,87-91H,14,22-25,73H2,1-4H3,(H2,74,86)(H,76,96)(H,77,93)(H,78,95)(H,79,97)(H,80,92)(H,81,94)(H,98,99)/t27-,38+,39-,46+,48-,50+,51+,52-,53+,54-,55+,56+,57+,58-,60+,61+,69-,70-/m0/s1. The van der Waals surface area contributed by atoms with Crippen molar-refractivity contribution in [2.45, 2.75) is 163 Å². The van der Waals surface area contributed by atoms with E-state index in [1.807, 2.05) is 17.5 Å². The van der Waals surface area contributed by atoms with E-state index in [-0.39, 0.29) is 46.2 Å². The summed E-state index contributed by atoms with van der Waals surface area (Å²) in [5, 5.41) is 134. The molecule has 7 aliphatic rings. The SMILES string of the molecule is CC(C)C[C@@H](N)C(=O)N[C@H]1C(=O)N[C@@H](CC(N)=O)C(=O)N[C@H]2C(=O)N[C@H]3C(=O)N[C@H](C(=O)N[C@H](C(=O)O)c4cc(O)cc(O)c4-c4cc3ccc4O)[C@H](O)c3ccc(c(Cl)c3)Oc3cc2cc(c3O[C@@H]2O[C@H](CO)[C@@H](O)[C@H](O)[C@H]2O[C@H]2C[C@](C)(NCc3cccs3)[C@H](O)[C@H](C)O2)Oc2ccc(cc2Cl)[C@H]1O. The molecular formula is C70H77Cl2N9O24S. The lowest BCUT2D eigenvalue weighted by molar-refractivity contribution is -0.334. The number of aliphatic hydroxyl groups is 6. The molecule has 0 aliphatic carbocycles. The minimum absolute atomic E-state index is 0.0742. The van der Waals surface area contributed by atoms with Crippen LogP contribution in [0.25, 0.3) is 11.1 Å². The Bertz CT molecular complexity index is 4390. The number of aromatic hydroxyl groups is 3. The third kappa shape index (κ3) is 16.5. The van der Waals surface area contributed by atoms with Crippen LogP contribution in [0.15, 0.2) is 96.4 Å². The van der Waals surface area contributed by atoms with E-state index in [0.717, 1.165) is 71.6 Å². The number of hydrogen-bond donors (Lipinski definition) is 19. The predicted molar refractivity (Wildman–Crippen MR) is 371 cm³/mol. The van der Waals surface area contributed by atoms with Crippen molar-refractivity contribution in [3.63, 3.8) is 0 Å². The van der Waals surface area contributed by atoms with E-state index in [2.05, 4.69) is 37.2 Å². The van der Waals surface area contributed by atoms with Crippen molar-refractivity contribution in [3.8, 4) is 57.1 Å². The highest BCUT2D eigenvalue weighted by Crippen LogP contribution is 2.50. The molecule has 2 fully saturated rings. The second-order valence-corrected chi connectivity index (χ2v) is 28.7. The van der Waals surface area contributed by atoms with Crippen LogP contribution in [-0.2, 0) is 59.1 Å². The molecule has 0 unspecified atom stereocenters. The van der Waals surface area contributed by atoms with Crippen LogP contribution < -0.4 is 62.9 Å². The van der Waals surface area contributed by atoms with Crippen LogP contribution in [0, 0.1) is 5.92 Å². The fourth-order valence-corrected chi connectivity index (χ4v) is 14.2. The zero-order valence-corrected chi connectivity index (χ0v) is 59.0. The number of amides is 7. The van der Waals surface area contributed by atoms with Gasteiger partial charge in [-0.3, -0.25) is 33.6 Å². The number of halogens is 2. The van der Waals surface area contributed by atoms with Gasteiger partial charge in [-0.05, 0) is 114 Å². The maximum absolute atomic E-state index is 16.1. The Morgan fingerprint density at radius 2 is 1.36 bits per heavy atom. The van der Waals surface area contributed by atoms with Gasteiger partial charge in [0.1, 0.15) is 89.5 Å². The number of phenolic OH excluding ortho intramolecular Hbond substituents is 3. The molecule has 1 aromatic heterocycles. The third-order valence-electron chi connectivity index (χ3n) is 18.7. The van der Waals surface area contributed by atoms with Gasteiger partial charge in [-0.1, -0.05) is 61.3 Å². The van der Waals surface area contributed by atoms with Crippen LogP contribution in [0.4, 0.5) is 0 Å². The van der Waals surface area contributed by atoms with Gasteiger partial charge in [0, 0.05) is 46.1 Å². The first kappa shape index (κ1) is 77.6. The van der Waals surface area contributed by atoms with Crippen molar-refractivity contribution in [3.05, 3.63) is 139 Å². The molecule has 7 aliphatic heterocycles. The Balaban J connectivity index is 1.14. The van der Waals surface area contributed by atoms with Gasteiger partial charge in [0.25, 0.3) is 0 Å². The number of hydrogen-bond acceptors (Lipinski definition) is 26. The molecule has 33 nitrogen and oxygen atoms in total. The normalized spacial score (nSPS) is 28.6. The third-order valence-corrected chi connectivity index (χ3v) is 20.1. The second kappa shape index (κ2) is 31.9. The highest BCUT2D eigenvalue weighted by molar-refractivity contribution is 7.09. The van der Waals surface area contributed by atoms with Gasteiger partial charge in [0.05, 0.1) is 41.3 Å². The van der Waals surface area contributed by atoms with Crippen molar-refractivity contribution in [1.29, 1.82) is 0 Å². The predicted octanol–water partition coefficient (Wildman–Crippen LogP) is 1.74. The molecule has 11 bridgehead atoms. The molecular weight excluding hydrogens is 1450 g/mol. The number of primary amides is 1. The summed E-state index contributed by atoms with van der Waals surface area (Å²) in [4.78, 5) is 118. The number of rotatable bonds is 15.